The summed E-state index contributed by atoms with van der Waals surface area (Å²) in [5.41, 5.74) is 2.29. The molecule has 0 aliphatic carbocycles. The minimum absolute atomic E-state index is 0.111. The molecule has 0 fully saturated rings. The molecule has 0 saturated carbocycles. The van der Waals surface area contributed by atoms with Crippen LogP contribution in [0.3, 0.4) is 0 Å². The van der Waals surface area contributed by atoms with Gasteiger partial charge in [-0.05, 0) is 23.1 Å². The van der Waals surface area contributed by atoms with E-state index in [1.165, 1.54) is 5.56 Å². The van der Waals surface area contributed by atoms with Crippen LogP contribution in [0.4, 0.5) is 0 Å². The molecule has 0 unspecified atom stereocenters. The topological polar surface area (TPSA) is 27.1 Å². The van der Waals surface area contributed by atoms with E-state index in [1.807, 2.05) is 35.1 Å². The summed E-state index contributed by atoms with van der Waals surface area (Å²) >= 11 is 0. The van der Waals surface area contributed by atoms with Gasteiger partial charge in [-0.2, -0.15) is 5.10 Å². The second kappa shape index (κ2) is 4.24. The summed E-state index contributed by atoms with van der Waals surface area (Å²) in [4.78, 5) is 0. The van der Waals surface area contributed by atoms with Crippen LogP contribution in [0.5, 0.6) is 5.75 Å². The summed E-state index contributed by atoms with van der Waals surface area (Å²) < 4.78 is 7.19. The first kappa shape index (κ1) is 11.7. The van der Waals surface area contributed by atoms with Crippen molar-refractivity contribution < 1.29 is 4.74 Å². The smallest absolute Gasteiger partial charge is 0.144 e. The van der Waals surface area contributed by atoms with Gasteiger partial charge < -0.3 is 4.74 Å². The number of hydrogen-bond donors (Lipinski definition) is 0. The molecule has 2 aromatic rings. The monoisotopic (exact) mass is 230 g/mol. The van der Waals surface area contributed by atoms with Gasteiger partial charge >= 0.3 is 0 Å². The Labute approximate surface area is 102 Å². The van der Waals surface area contributed by atoms with Gasteiger partial charge in [-0.25, -0.2) is 4.68 Å². The van der Waals surface area contributed by atoms with Crippen LogP contribution in [0.25, 0.3) is 5.69 Å². The summed E-state index contributed by atoms with van der Waals surface area (Å²) in [5, 5.41) is 4.40. The Morgan fingerprint density at radius 1 is 1.18 bits per heavy atom. The number of aromatic nitrogens is 2. The summed E-state index contributed by atoms with van der Waals surface area (Å²) in [5.74, 6) is 0.830. The summed E-state index contributed by atoms with van der Waals surface area (Å²) in [6.07, 6.45) is 3.96. The molecule has 0 amide bonds. The SMILES string of the molecule is COc1ccccc1-n1cc(C(C)(C)C)cn1. The Morgan fingerprint density at radius 3 is 2.47 bits per heavy atom. The van der Waals surface area contributed by atoms with Crippen molar-refractivity contribution in [2.75, 3.05) is 7.11 Å². The molecule has 0 bridgehead atoms. The molecule has 0 radical (unpaired) electrons. The fourth-order valence-corrected chi connectivity index (χ4v) is 1.66. The fraction of sp³-hybridized carbons (Fsp3) is 0.357. The quantitative estimate of drug-likeness (QED) is 0.792. The molecule has 1 heterocycles. The number of ether oxygens (including phenoxy) is 1. The molecule has 90 valence electrons. The van der Waals surface area contributed by atoms with Gasteiger partial charge in [0.05, 0.1) is 13.3 Å². The molecule has 0 aliphatic rings. The predicted octanol–water partition coefficient (Wildman–Crippen LogP) is 3.18. The van der Waals surface area contributed by atoms with Crippen molar-refractivity contribution in [2.45, 2.75) is 26.2 Å². The van der Waals surface area contributed by atoms with Crippen LogP contribution < -0.4 is 4.74 Å². The van der Waals surface area contributed by atoms with Gasteiger partial charge in [-0.3, -0.25) is 0 Å². The van der Waals surface area contributed by atoms with Gasteiger partial charge in [0.1, 0.15) is 11.4 Å². The molecule has 0 spiro atoms. The van der Waals surface area contributed by atoms with Gasteiger partial charge in [0.25, 0.3) is 0 Å². The minimum atomic E-state index is 0.111. The molecule has 17 heavy (non-hydrogen) atoms. The third-order valence-corrected chi connectivity index (χ3v) is 2.78. The lowest BCUT2D eigenvalue weighted by atomic mass is 9.90. The Kier molecular flexibility index (Phi) is 2.92. The normalized spacial score (nSPS) is 11.5. The number of hydrogen-bond acceptors (Lipinski definition) is 2. The molecule has 1 aromatic heterocycles. The lowest BCUT2D eigenvalue weighted by Crippen LogP contribution is -2.09. The van der Waals surface area contributed by atoms with Crippen molar-refractivity contribution in [3.05, 3.63) is 42.2 Å². The molecule has 0 saturated heterocycles. The van der Waals surface area contributed by atoms with Crippen LogP contribution in [0.1, 0.15) is 26.3 Å². The number of nitrogens with zero attached hydrogens (tertiary/aromatic N) is 2. The Morgan fingerprint density at radius 2 is 1.88 bits per heavy atom. The van der Waals surface area contributed by atoms with Gasteiger partial charge in [-0.1, -0.05) is 32.9 Å². The van der Waals surface area contributed by atoms with Crippen molar-refractivity contribution in [2.24, 2.45) is 0 Å². The summed E-state index contributed by atoms with van der Waals surface area (Å²) in [6.45, 7) is 6.53. The lowest BCUT2D eigenvalue weighted by Gasteiger charge is -2.15. The maximum Gasteiger partial charge on any atom is 0.144 e. The zero-order valence-electron chi connectivity index (χ0n) is 10.8. The van der Waals surface area contributed by atoms with E-state index in [0.29, 0.717) is 0 Å². The fourth-order valence-electron chi connectivity index (χ4n) is 1.66. The molecule has 2 rings (SSSR count). The van der Waals surface area contributed by atoms with E-state index in [0.717, 1.165) is 11.4 Å². The first-order valence-electron chi connectivity index (χ1n) is 5.71. The van der Waals surface area contributed by atoms with Crippen molar-refractivity contribution in [1.82, 2.24) is 9.78 Å². The minimum Gasteiger partial charge on any atom is -0.494 e. The van der Waals surface area contributed by atoms with Gasteiger partial charge in [0.2, 0.25) is 0 Å². The van der Waals surface area contributed by atoms with E-state index in [-0.39, 0.29) is 5.41 Å². The molecule has 3 heteroatoms. The third-order valence-electron chi connectivity index (χ3n) is 2.78. The molecular weight excluding hydrogens is 212 g/mol. The second-order valence-electron chi connectivity index (χ2n) is 5.10. The summed E-state index contributed by atoms with van der Waals surface area (Å²) in [7, 11) is 1.67. The van der Waals surface area contributed by atoms with Crippen LogP contribution >= 0.6 is 0 Å². The average molecular weight is 230 g/mol. The molecular formula is C14H18N2O. The maximum absolute atomic E-state index is 5.33. The Balaban J connectivity index is 2.44. The van der Waals surface area contributed by atoms with Gasteiger partial charge in [-0.15, -0.1) is 0 Å². The van der Waals surface area contributed by atoms with Crippen molar-refractivity contribution >= 4 is 0 Å². The Bertz CT molecular complexity index is 509. The first-order chi connectivity index (χ1) is 8.02. The highest BCUT2D eigenvalue weighted by atomic mass is 16.5. The highest BCUT2D eigenvalue weighted by Gasteiger charge is 2.16. The maximum atomic E-state index is 5.33. The lowest BCUT2D eigenvalue weighted by molar-refractivity contribution is 0.411. The van der Waals surface area contributed by atoms with Crippen molar-refractivity contribution in [3.8, 4) is 11.4 Å². The Hall–Kier alpha value is -1.77. The first-order valence-corrected chi connectivity index (χ1v) is 5.71. The largest absolute Gasteiger partial charge is 0.494 e. The number of rotatable bonds is 2. The van der Waals surface area contributed by atoms with Crippen LogP contribution in [0, 0.1) is 0 Å². The van der Waals surface area contributed by atoms with E-state index in [4.69, 9.17) is 4.74 Å². The number of para-hydroxylation sites is 2. The van der Waals surface area contributed by atoms with E-state index >= 15 is 0 Å². The molecule has 0 atom stereocenters. The highest BCUT2D eigenvalue weighted by Crippen LogP contribution is 2.25. The van der Waals surface area contributed by atoms with E-state index < -0.39 is 0 Å². The molecule has 1 aromatic carbocycles. The number of methoxy groups -OCH3 is 1. The van der Waals surface area contributed by atoms with Crippen LogP contribution in [0.15, 0.2) is 36.7 Å². The molecule has 0 N–H and O–H groups in total. The number of benzene rings is 1. The van der Waals surface area contributed by atoms with Crippen molar-refractivity contribution in [1.29, 1.82) is 0 Å². The predicted molar refractivity (Wildman–Crippen MR) is 68.8 cm³/mol. The van der Waals surface area contributed by atoms with Gasteiger partial charge in [0, 0.05) is 6.20 Å². The average Bonchev–Trinajstić information content (AvgIpc) is 2.77. The molecule has 3 nitrogen and oxygen atoms in total. The highest BCUT2D eigenvalue weighted by molar-refractivity contribution is 5.46. The van der Waals surface area contributed by atoms with Crippen LogP contribution in [0.2, 0.25) is 0 Å². The third kappa shape index (κ3) is 2.33. The summed E-state index contributed by atoms with van der Waals surface area (Å²) in [6, 6.07) is 7.87. The second-order valence-corrected chi connectivity index (χ2v) is 5.10. The van der Waals surface area contributed by atoms with Crippen LogP contribution in [-0.2, 0) is 5.41 Å². The standard InChI is InChI=1S/C14H18N2O/c1-14(2,3)11-9-15-16(10-11)12-7-5-6-8-13(12)17-4/h5-10H,1-4H3. The zero-order valence-corrected chi connectivity index (χ0v) is 10.8. The zero-order chi connectivity index (χ0) is 12.5. The van der Waals surface area contributed by atoms with E-state index in [2.05, 4.69) is 32.1 Å². The van der Waals surface area contributed by atoms with Gasteiger partial charge in [0.15, 0.2) is 0 Å². The van der Waals surface area contributed by atoms with Crippen LogP contribution in [-0.4, -0.2) is 16.9 Å². The van der Waals surface area contributed by atoms with Crippen molar-refractivity contribution in [3.63, 3.8) is 0 Å². The molecule has 0 aliphatic heterocycles. The van der Waals surface area contributed by atoms with E-state index in [1.54, 1.807) is 7.11 Å². The van der Waals surface area contributed by atoms with E-state index in [9.17, 15) is 0 Å².